The van der Waals surface area contributed by atoms with Gasteiger partial charge < -0.3 is 15.7 Å². The molecule has 6 nitrogen and oxygen atoms in total. The van der Waals surface area contributed by atoms with Crippen LogP contribution in [0.15, 0.2) is 54.7 Å². The third kappa shape index (κ3) is 5.13. The van der Waals surface area contributed by atoms with E-state index in [1.807, 2.05) is 32.9 Å². The smallest absolute Gasteiger partial charge is 0.315 e. The van der Waals surface area contributed by atoms with E-state index in [0.29, 0.717) is 6.42 Å². The first-order chi connectivity index (χ1) is 13.8. The lowest BCUT2D eigenvalue weighted by molar-refractivity contribution is 0.234. The third-order valence-corrected chi connectivity index (χ3v) is 4.79. The molecule has 3 rings (SSSR count). The monoisotopic (exact) mass is 396 g/mol. The van der Waals surface area contributed by atoms with Crippen LogP contribution in [0.3, 0.4) is 0 Å². The lowest BCUT2D eigenvalue weighted by Crippen LogP contribution is -2.42. The molecule has 0 aliphatic heterocycles. The van der Waals surface area contributed by atoms with E-state index in [2.05, 4.69) is 15.7 Å². The Morgan fingerprint density at radius 2 is 1.76 bits per heavy atom. The van der Waals surface area contributed by atoms with Gasteiger partial charge in [-0.25, -0.2) is 13.9 Å². The Bertz CT molecular complexity index is 967. The van der Waals surface area contributed by atoms with Gasteiger partial charge in [-0.3, -0.25) is 0 Å². The Hall–Kier alpha value is -3.35. The van der Waals surface area contributed by atoms with Gasteiger partial charge in [0.2, 0.25) is 0 Å². The molecule has 2 amide bonds. The Kier molecular flexibility index (Phi) is 6.16. The Balaban J connectivity index is 1.59. The number of carbonyl (C=O) groups is 1. The Morgan fingerprint density at radius 3 is 2.41 bits per heavy atom. The molecule has 0 saturated heterocycles. The summed E-state index contributed by atoms with van der Waals surface area (Å²) in [6.45, 7) is 5.73. The van der Waals surface area contributed by atoms with E-state index in [4.69, 9.17) is 0 Å². The quantitative estimate of drug-likeness (QED) is 0.589. The SMILES string of the molecule is Cc1c(C(C)NC(=O)NC(C)Cc2ccc(O)cc2)cnn1-c1ccc(F)cc1. The minimum atomic E-state index is -0.299. The Labute approximate surface area is 169 Å². The number of aromatic hydroxyl groups is 1. The van der Waals surface area contributed by atoms with Crippen LogP contribution in [0, 0.1) is 12.7 Å². The molecule has 1 aromatic heterocycles. The largest absolute Gasteiger partial charge is 0.508 e. The number of benzene rings is 2. The van der Waals surface area contributed by atoms with Crippen molar-refractivity contribution in [1.29, 1.82) is 0 Å². The number of phenolic OH excluding ortho intramolecular Hbond substituents is 1. The molecule has 1 heterocycles. The summed E-state index contributed by atoms with van der Waals surface area (Å²) in [6.07, 6.45) is 2.37. The topological polar surface area (TPSA) is 79.2 Å². The second-order valence-electron chi connectivity index (χ2n) is 7.18. The zero-order valence-electron chi connectivity index (χ0n) is 16.7. The number of amides is 2. The van der Waals surface area contributed by atoms with Gasteiger partial charge in [-0.2, -0.15) is 5.10 Å². The van der Waals surface area contributed by atoms with Gasteiger partial charge in [-0.15, -0.1) is 0 Å². The first kappa shape index (κ1) is 20.4. The van der Waals surface area contributed by atoms with Crippen molar-refractivity contribution in [3.63, 3.8) is 0 Å². The molecule has 3 aromatic rings. The van der Waals surface area contributed by atoms with Crippen LogP contribution in [0.4, 0.5) is 9.18 Å². The predicted octanol–water partition coefficient (Wildman–Crippen LogP) is 4.02. The molecular formula is C22H25FN4O2. The molecule has 2 unspecified atom stereocenters. The van der Waals surface area contributed by atoms with Gasteiger partial charge in [-0.05, 0) is 69.2 Å². The summed E-state index contributed by atoms with van der Waals surface area (Å²) in [4.78, 5) is 12.4. The molecule has 2 atom stereocenters. The summed E-state index contributed by atoms with van der Waals surface area (Å²) in [5.74, 6) is -0.0793. The van der Waals surface area contributed by atoms with Gasteiger partial charge in [0.05, 0.1) is 17.9 Å². The van der Waals surface area contributed by atoms with Gasteiger partial charge in [0, 0.05) is 17.3 Å². The summed E-state index contributed by atoms with van der Waals surface area (Å²) >= 11 is 0. The molecular weight excluding hydrogens is 371 g/mol. The fourth-order valence-electron chi connectivity index (χ4n) is 3.27. The fourth-order valence-corrected chi connectivity index (χ4v) is 3.27. The predicted molar refractivity (Wildman–Crippen MR) is 110 cm³/mol. The van der Waals surface area contributed by atoms with E-state index >= 15 is 0 Å². The first-order valence-corrected chi connectivity index (χ1v) is 9.49. The standard InChI is InChI=1S/C22H25FN4O2/c1-14(12-17-4-10-20(28)11-5-17)25-22(29)26-15(2)21-13-24-27(16(21)3)19-8-6-18(23)7-9-19/h4-11,13-15,28H,12H2,1-3H3,(H2,25,26,29). The van der Waals surface area contributed by atoms with Crippen LogP contribution in [-0.4, -0.2) is 27.0 Å². The number of carbonyl (C=O) groups excluding carboxylic acids is 1. The molecule has 2 aromatic carbocycles. The zero-order chi connectivity index (χ0) is 21.0. The maximum absolute atomic E-state index is 13.1. The molecule has 0 radical (unpaired) electrons. The Morgan fingerprint density at radius 1 is 1.10 bits per heavy atom. The van der Waals surface area contributed by atoms with Gasteiger partial charge in [-0.1, -0.05) is 12.1 Å². The number of urea groups is 1. The van der Waals surface area contributed by atoms with Crippen molar-refractivity contribution in [1.82, 2.24) is 20.4 Å². The molecule has 152 valence electrons. The van der Waals surface area contributed by atoms with Crippen LogP contribution in [0.5, 0.6) is 5.75 Å². The lowest BCUT2D eigenvalue weighted by atomic mass is 10.1. The van der Waals surface area contributed by atoms with Crippen molar-refractivity contribution in [2.75, 3.05) is 0 Å². The van der Waals surface area contributed by atoms with Gasteiger partial charge in [0.1, 0.15) is 11.6 Å². The molecule has 7 heteroatoms. The number of hydrogen-bond donors (Lipinski definition) is 3. The van der Waals surface area contributed by atoms with Crippen molar-refractivity contribution >= 4 is 6.03 Å². The van der Waals surface area contributed by atoms with Crippen molar-refractivity contribution in [3.05, 3.63) is 77.4 Å². The summed E-state index contributed by atoms with van der Waals surface area (Å²) in [5.41, 5.74) is 3.55. The maximum atomic E-state index is 13.1. The van der Waals surface area contributed by atoms with Crippen molar-refractivity contribution < 1.29 is 14.3 Å². The highest BCUT2D eigenvalue weighted by molar-refractivity contribution is 5.74. The van der Waals surface area contributed by atoms with Gasteiger partial charge in [0.15, 0.2) is 0 Å². The molecule has 29 heavy (non-hydrogen) atoms. The highest BCUT2D eigenvalue weighted by Gasteiger charge is 2.17. The average molecular weight is 396 g/mol. The molecule has 0 aliphatic carbocycles. The molecule has 0 bridgehead atoms. The van der Waals surface area contributed by atoms with E-state index < -0.39 is 0 Å². The highest BCUT2D eigenvalue weighted by atomic mass is 19.1. The fraction of sp³-hybridized carbons (Fsp3) is 0.273. The first-order valence-electron chi connectivity index (χ1n) is 9.49. The summed E-state index contributed by atoms with van der Waals surface area (Å²) in [7, 11) is 0. The lowest BCUT2D eigenvalue weighted by Gasteiger charge is -2.18. The van der Waals surface area contributed by atoms with Crippen LogP contribution >= 0.6 is 0 Å². The van der Waals surface area contributed by atoms with E-state index in [-0.39, 0.29) is 29.7 Å². The molecule has 0 saturated carbocycles. The summed E-state index contributed by atoms with van der Waals surface area (Å²) in [6, 6.07) is 12.4. The number of rotatable bonds is 6. The van der Waals surface area contributed by atoms with Crippen LogP contribution in [-0.2, 0) is 6.42 Å². The highest BCUT2D eigenvalue weighted by Crippen LogP contribution is 2.20. The average Bonchev–Trinajstić information content (AvgIpc) is 3.05. The third-order valence-electron chi connectivity index (χ3n) is 4.79. The summed E-state index contributed by atoms with van der Waals surface area (Å²) < 4.78 is 14.9. The molecule has 0 aliphatic rings. The number of aromatic nitrogens is 2. The number of nitrogens with zero attached hydrogens (tertiary/aromatic N) is 2. The van der Waals surface area contributed by atoms with E-state index in [1.165, 1.54) is 12.1 Å². The van der Waals surface area contributed by atoms with Crippen molar-refractivity contribution in [3.8, 4) is 11.4 Å². The van der Waals surface area contributed by atoms with E-state index in [0.717, 1.165) is 22.5 Å². The molecule has 0 spiro atoms. The maximum Gasteiger partial charge on any atom is 0.315 e. The number of halogens is 1. The zero-order valence-corrected chi connectivity index (χ0v) is 16.7. The van der Waals surface area contributed by atoms with Crippen LogP contribution in [0.2, 0.25) is 0 Å². The minimum absolute atomic E-state index is 0.0743. The molecule has 3 N–H and O–H groups in total. The minimum Gasteiger partial charge on any atom is -0.508 e. The van der Waals surface area contributed by atoms with Crippen molar-refractivity contribution in [2.24, 2.45) is 0 Å². The van der Waals surface area contributed by atoms with Crippen molar-refractivity contribution in [2.45, 2.75) is 39.3 Å². The number of hydrogen-bond acceptors (Lipinski definition) is 3. The van der Waals surface area contributed by atoms with Crippen LogP contribution in [0.1, 0.15) is 36.7 Å². The van der Waals surface area contributed by atoms with Crippen LogP contribution < -0.4 is 10.6 Å². The van der Waals surface area contributed by atoms with Gasteiger partial charge >= 0.3 is 6.03 Å². The van der Waals surface area contributed by atoms with E-state index in [9.17, 15) is 14.3 Å². The summed E-state index contributed by atoms with van der Waals surface area (Å²) in [5, 5.41) is 19.6. The van der Waals surface area contributed by atoms with Gasteiger partial charge in [0.25, 0.3) is 0 Å². The second kappa shape index (κ2) is 8.77. The van der Waals surface area contributed by atoms with E-state index in [1.54, 1.807) is 35.1 Å². The number of phenols is 1. The van der Waals surface area contributed by atoms with Crippen LogP contribution in [0.25, 0.3) is 5.69 Å². The number of nitrogens with one attached hydrogen (secondary N) is 2. The normalized spacial score (nSPS) is 13.0. The molecule has 0 fully saturated rings. The second-order valence-corrected chi connectivity index (χ2v) is 7.18.